The van der Waals surface area contributed by atoms with Crippen molar-refractivity contribution in [2.75, 3.05) is 14.2 Å². The predicted molar refractivity (Wildman–Crippen MR) is 61.9 cm³/mol. The van der Waals surface area contributed by atoms with Crippen LogP contribution in [0.1, 0.15) is 5.56 Å². The number of hydrogen-bond acceptors (Lipinski definition) is 4. The van der Waals surface area contributed by atoms with Crippen molar-refractivity contribution in [1.29, 1.82) is 0 Å². The lowest BCUT2D eigenvalue weighted by molar-refractivity contribution is -0.123. The molecule has 0 saturated heterocycles. The molecule has 1 amide bonds. The summed E-state index contributed by atoms with van der Waals surface area (Å²) in [6.07, 6.45) is 0.477. The molecule has 0 heterocycles. The summed E-state index contributed by atoms with van der Waals surface area (Å²) >= 11 is 0. The first-order chi connectivity index (χ1) is 7.67. The summed E-state index contributed by atoms with van der Waals surface area (Å²) in [5.74, 6) is 0.532. The van der Waals surface area contributed by atoms with E-state index in [1.165, 1.54) is 0 Å². The Hall–Kier alpha value is -1.59. The van der Waals surface area contributed by atoms with Crippen LogP contribution in [0.25, 0.3) is 0 Å². The van der Waals surface area contributed by atoms with Gasteiger partial charge in [-0.15, -0.1) is 0 Å². The minimum Gasteiger partial charge on any atom is -0.497 e. The van der Waals surface area contributed by atoms with Crippen molar-refractivity contribution >= 4 is 5.91 Å². The Bertz CT molecular complexity index is 355. The van der Waals surface area contributed by atoms with Gasteiger partial charge in [0.1, 0.15) is 5.75 Å². The number of nitrogens with two attached hydrogens (primary N) is 1. The van der Waals surface area contributed by atoms with Crippen molar-refractivity contribution in [2.24, 2.45) is 5.73 Å². The highest BCUT2D eigenvalue weighted by Gasteiger charge is 2.13. The van der Waals surface area contributed by atoms with Crippen molar-refractivity contribution in [1.82, 2.24) is 10.9 Å². The molecule has 4 N–H and O–H groups in total. The van der Waals surface area contributed by atoms with E-state index in [-0.39, 0.29) is 5.91 Å². The van der Waals surface area contributed by atoms with Crippen LogP contribution < -0.4 is 21.3 Å². The van der Waals surface area contributed by atoms with Gasteiger partial charge in [0, 0.05) is 7.05 Å². The molecule has 1 rings (SSSR count). The molecule has 0 aliphatic rings. The monoisotopic (exact) mass is 223 g/mol. The summed E-state index contributed by atoms with van der Waals surface area (Å²) < 4.78 is 5.09. The van der Waals surface area contributed by atoms with Gasteiger partial charge in [0.05, 0.1) is 13.2 Å². The molecule has 0 bridgehead atoms. The molecule has 0 fully saturated rings. The van der Waals surface area contributed by atoms with E-state index < -0.39 is 6.04 Å². The molecule has 88 valence electrons. The average Bonchev–Trinajstić information content (AvgIpc) is 2.29. The molecule has 1 unspecified atom stereocenters. The van der Waals surface area contributed by atoms with E-state index in [4.69, 9.17) is 10.5 Å². The summed E-state index contributed by atoms with van der Waals surface area (Å²) in [5.41, 5.74) is 11.7. The Kier molecular flexibility index (Phi) is 4.75. The topological polar surface area (TPSA) is 76.4 Å². The molecule has 0 radical (unpaired) electrons. The van der Waals surface area contributed by atoms with E-state index in [9.17, 15) is 4.79 Å². The molecule has 1 aromatic carbocycles. The lowest BCUT2D eigenvalue weighted by Gasteiger charge is -2.11. The minimum atomic E-state index is -0.570. The maximum absolute atomic E-state index is 11.4. The van der Waals surface area contributed by atoms with E-state index >= 15 is 0 Å². The quantitative estimate of drug-likeness (QED) is 0.605. The van der Waals surface area contributed by atoms with Crippen molar-refractivity contribution in [3.8, 4) is 5.75 Å². The molecule has 5 heteroatoms. The van der Waals surface area contributed by atoms with Gasteiger partial charge in [0.15, 0.2) is 0 Å². The number of hydrazine groups is 1. The normalized spacial score (nSPS) is 11.9. The second-order valence-corrected chi connectivity index (χ2v) is 3.40. The van der Waals surface area contributed by atoms with E-state index in [1.807, 2.05) is 24.3 Å². The van der Waals surface area contributed by atoms with Crippen LogP contribution >= 0.6 is 0 Å². The SMILES string of the molecule is CNNC(=O)C(N)Cc1cccc(OC)c1. The predicted octanol–water partition coefficient (Wildman–Crippen LogP) is -0.184. The summed E-state index contributed by atoms with van der Waals surface area (Å²) in [4.78, 5) is 11.4. The molecule has 0 spiro atoms. The highest BCUT2D eigenvalue weighted by Crippen LogP contribution is 2.13. The van der Waals surface area contributed by atoms with E-state index in [0.717, 1.165) is 11.3 Å². The molecule has 1 atom stereocenters. The molecule has 5 nitrogen and oxygen atoms in total. The van der Waals surface area contributed by atoms with E-state index in [1.54, 1.807) is 14.2 Å². The first-order valence-electron chi connectivity index (χ1n) is 5.02. The van der Waals surface area contributed by atoms with Gasteiger partial charge in [-0.05, 0) is 24.1 Å². The van der Waals surface area contributed by atoms with Crippen LogP contribution in [-0.2, 0) is 11.2 Å². The number of nitrogens with one attached hydrogen (secondary N) is 2. The van der Waals surface area contributed by atoms with Crippen molar-refractivity contribution in [3.63, 3.8) is 0 Å². The number of benzene rings is 1. The Morgan fingerprint density at radius 1 is 1.56 bits per heavy atom. The lowest BCUT2D eigenvalue weighted by Crippen LogP contribution is -2.46. The number of hydrogen-bond donors (Lipinski definition) is 3. The van der Waals surface area contributed by atoms with Crippen LogP contribution in [0.3, 0.4) is 0 Å². The second-order valence-electron chi connectivity index (χ2n) is 3.40. The first kappa shape index (κ1) is 12.5. The number of carbonyl (C=O) groups is 1. The fourth-order valence-corrected chi connectivity index (χ4v) is 1.36. The lowest BCUT2D eigenvalue weighted by atomic mass is 10.1. The smallest absolute Gasteiger partial charge is 0.251 e. The van der Waals surface area contributed by atoms with Gasteiger partial charge >= 0.3 is 0 Å². The molecular formula is C11H17N3O2. The zero-order valence-corrected chi connectivity index (χ0v) is 9.49. The van der Waals surface area contributed by atoms with Crippen LogP contribution in [0.5, 0.6) is 5.75 Å². The van der Waals surface area contributed by atoms with Crippen LogP contribution in [-0.4, -0.2) is 26.1 Å². The summed E-state index contributed by atoms with van der Waals surface area (Å²) in [5, 5.41) is 0. The third-order valence-electron chi connectivity index (χ3n) is 2.17. The molecule has 0 aromatic heterocycles. The molecule has 1 aromatic rings. The Balaban J connectivity index is 2.61. The maximum atomic E-state index is 11.4. The van der Waals surface area contributed by atoms with Gasteiger partial charge in [0.2, 0.25) is 0 Å². The van der Waals surface area contributed by atoms with Crippen molar-refractivity contribution < 1.29 is 9.53 Å². The van der Waals surface area contributed by atoms with Gasteiger partial charge in [-0.1, -0.05) is 12.1 Å². The minimum absolute atomic E-state index is 0.231. The summed E-state index contributed by atoms with van der Waals surface area (Å²) in [6.45, 7) is 0. The Morgan fingerprint density at radius 2 is 2.31 bits per heavy atom. The van der Waals surface area contributed by atoms with Crippen LogP contribution in [0.2, 0.25) is 0 Å². The van der Waals surface area contributed by atoms with Crippen LogP contribution in [0.4, 0.5) is 0 Å². The third-order valence-corrected chi connectivity index (χ3v) is 2.17. The fourth-order valence-electron chi connectivity index (χ4n) is 1.36. The largest absolute Gasteiger partial charge is 0.497 e. The fraction of sp³-hybridized carbons (Fsp3) is 0.364. The zero-order valence-electron chi connectivity index (χ0n) is 9.49. The Labute approximate surface area is 94.9 Å². The molecule has 0 aliphatic heterocycles. The van der Waals surface area contributed by atoms with Gasteiger partial charge in [-0.25, -0.2) is 5.43 Å². The highest BCUT2D eigenvalue weighted by molar-refractivity contribution is 5.81. The number of carbonyl (C=O) groups excluding carboxylic acids is 1. The van der Waals surface area contributed by atoms with Crippen molar-refractivity contribution in [3.05, 3.63) is 29.8 Å². The number of amides is 1. The number of ether oxygens (including phenoxy) is 1. The van der Waals surface area contributed by atoms with Gasteiger partial charge in [-0.3, -0.25) is 10.2 Å². The number of methoxy groups -OCH3 is 1. The maximum Gasteiger partial charge on any atom is 0.251 e. The van der Waals surface area contributed by atoms with E-state index in [2.05, 4.69) is 10.9 Å². The summed E-state index contributed by atoms with van der Waals surface area (Å²) in [6, 6.07) is 6.93. The first-order valence-corrected chi connectivity index (χ1v) is 5.02. The average molecular weight is 223 g/mol. The van der Waals surface area contributed by atoms with Crippen LogP contribution in [0, 0.1) is 0 Å². The third kappa shape index (κ3) is 3.52. The van der Waals surface area contributed by atoms with Gasteiger partial charge in [0.25, 0.3) is 5.91 Å². The molecule has 0 aliphatic carbocycles. The standard InChI is InChI=1S/C11H17N3O2/c1-13-14-11(15)10(12)7-8-4-3-5-9(6-8)16-2/h3-6,10,13H,7,12H2,1-2H3,(H,14,15). The van der Waals surface area contributed by atoms with Gasteiger partial charge in [-0.2, -0.15) is 0 Å². The highest BCUT2D eigenvalue weighted by atomic mass is 16.5. The molecular weight excluding hydrogens is 206 g/mol. The molecule has 0 saturated carbocycles. The van der Waals surface area contributed by atoms with E-state index in [0.29, 0.717) is 6.42 Å². The number of rotatable bonds is 5. The van der Waals surface area contributed by atoms with Gasteiger partial charge < -0.3 is 10.5 Å². The summed E-state index contributed by atoms with van der Waals surface area (Å²) in [7, 11) is 3.23. The van der Waals surface area contributed by atoms with Crippen molar-refractivity contribution in [2.45, 2.75) is 12.5 Å². The Morgan fingerprint density at radius 3 is 2.94 bits per heavy atom. The van der Waals surface area contributed by atoms with Crippen LogP contribution in [0.15, 0.2) is 24.3 Å². The molecule has 16 heavy (non-hydrogen) atoms. The zero-order chi connectivity index (χ0) is 12.0. The second kappa shape index (κ2) is 6.09.